The van der Waals surface area contributed by atoms with Crippen molar-refractivity contribution in [1.82, 2.24) is 14.9 Å². The Morgan fingerprint density at radius 3 is 2.59 bits per heavy atom. The minimum atomic E-state index is -3.36. The van der Waals surface area contributed by atoms with Crippen LogP contribution in [-0.4, -0.2) is 71.8 Å². The Morgan fingerprint density at radius 2 is 1.93 bits per heavy atom. The third kappa shape index (κ3) is 7.10. The lowest BCUT2D eigenvalue weighted by Gasteiger charge is -2.26. The summed E-state index contributed by atoms with van der Waals surface area (Å²) >= 11 is 0. The van der Waals surface area contributed by atoms with E-state index in [-0.39, 0.29) is 5.75 Å². The predicted molar refractivity (Wildman–Crippen MR) is 106 cm³/mol. The van der Waals surface area contributed by atoms with Crippen molar-refractivity contribution in [3.63, 3.8) is 0 Å². The number of benzene rings is 1. The summed E-state index contributed by atoms with van der Waals surface area (Å²) < 4.78 is 37.5. The molecule has 0 atom stereocenters. The van der Waals surface area contributed by atoms with Crippen molar-refractivity contribution in [1.29, 1.82) is 0 Å². The Balaban J connectivity index is 1.96. The highest BCUT2D eigenvalue weighted by Gasteiger charge is 2.25. The van der Waals surface area contributed by atoms with Crippen molar-refractivity contribution in [3.8, 4) is 0 Å². The minimum absolute atomic E-state index is 0.0127. The summed E-state index contributed by atoms with van der Waals surface area (Å²) in [4.78, 5) is 4.18. The average molecular weight is 399 g/mol. The van der Waals surface area contributed by atoms with Crippen LogP contribution >= 0.6 is 0 Å². The van der Waals surface area contributed by atoms with Gasteiger partial charge in [0.25, 0.3) is 0 Å². The van der Waals surface area contributed by atoms with Crippen molar-refractivity contribution in [2.24, 2.45) is 4.99 Å². The van der Waals surface area contributed by atoms with E-state index in [9.17, 15) is 8.42 Å². The summed E-state index contributed by atoms with van der Waals surface area (Å²) in [6, 6.07) is 7.57. The SMILES string of the molecule is CCOCCNC(=NC)NCc1ccccc1CS(=O)(=O)N1CCOCC1. The van der Waals surface area contributed by atoms with Gasteiger partial charge in [0.15, 0.2) is 5.96 Å². The Kier molecular flexibility index (Phi) is 8.99. The Morgan fingerprint density at radius 1 is 1.22 bits per heavy atom. The van der Waals surface area contributed by atoms with Gasteiger partial charge in [-0.15, -0.1) is 0 Å². The van der Waals surface area contributed by atoms with E-state index >= 15 is 0 Å². The maximum Gasteiger partial charge on any atom is 0.218 e. The van der Waals surface area contributed by atoms with Crippen LogP contribution in [0.1, 0.15) is 18.1 Å². The number of rotatable bonds is 9. The molecule has 0 spiro atoms. The highest BCUT2D eigenvalue weighted by atomic mass is 32.2. The van der Waals surface area contributed by atoms with Crippen molar-refractivity contribution < 1.29 is 17.9 Å². The highest BCUT2D eigenvalue weighted by molar-refractivity contribution is 7.88. The minimum Gasteiger partial charge on any atom is -0.380 e. The zero-order chi connectivity index (χ0) is 19.5. The summed E-state index contributed by atoms with van der Waals surface area (Å²) in [5.74, 6) is 0.641. The smallest absolute Gasteiger partial charge is 0.218 e. The third-order valence-electron chi connectivity index (χ3n) is 4.23. The lowest BCUT2D eigenvalue weighted by atomic mass is 10.1. The van der Waals surface area contributed by atoms with Crippen molar-refractivity contribution in [3.05, 3.63) is 35.4 Å². The van der Waals surface area contributed by atoms with E-state index in [4.69, 9.17) is 9.47 Å². The quantitative estimate of drug-likeness (QED) is 0.359. The first kappa shape index (κ1) is 21.6. The third-order valence-corrected chi connectivity index (χ3v) is 6.06. The molecule has 8 nitrogen and oxygen atoms in total. The van der Waals surface area contributed by atoms with E-state index < -0.39 is 10.0 Å². The molecule has 2 N–H and O–H groups in total. The molecule has 0 bridgehead atoms. The van der Waals surface area contributed by atoms with Crippen LogP contribution in [0.15, 0.2) is 29.3 Å². The Bertz CT molecular complexity index is 703. The number of hydrogen-bond donors (Lipinski definition) is 2. The van der Waals surface area contributed by atoms with Crippen molar-refractivity contribution in [2.75, 3.05) is 53.1 Å². The molecule has 1 aromatic rings. The number of nitrogens with one attached hydrogen (secondary N) is 2. The standard InChI is InChI=1S/C18H30N4O4S/c1-3-25-11-8-20-18(19-2)21-14-16-6-4-5-7-17(16)15-27(23,24)22-9-12-26-13-10-22/h4-7H,3,8-15H2,1-2H3,(H2,19,20,21). The summed E-state index contributed by atoms with van der Waals surface area (Å²) in [6.07, 6.45) is 0. The van der Waals surface area contributed by atoms with E-state index in [1.807, 2.05) is 31.2 Å². The molecule has 0 amide bonds. The largest absolute Gasteiger partial charge is 0.380 e. The van der Waals surface area contributed by atoms with E-state index in [0.29, 0.717) is 58.6 Å². The number of morpholine rings is 1. The van der Waals surface area contributed by atoms with E-state index in [0.717, 1.165) is 11.1 Å². The van der Waals surface area contributed by atoms with Gasteiger partial charge in [0, 0.05) is 39.8 Å². The Hall–Kier alpha value is -1.68. The number of sulfonamides is 1. The molecule has 27 heavy (non-hydrogen) atoms. The fourth-order valence-corrected chi connectivity index (χ4v) is 4.33. The first-order valence-corrected chi connectivity index (χ1v) is 10.8. The lowest BCUT2D eigenvalue weighted by Crippen LogP contribution is -2.41. The van der Waals surface area contributed by atoms with Crippen LogP contribution in [0.3, 0.4) is 0 Å². The molecule has 0 unspecified atom stereocenters. The second-order valence-electron chi connectivity index (χ2n) is 6.09. The van der Waals surface area contributed by atoms with Crippen molar-refractivity contribution in [2.45, 2.75) is 19.2 Å². The first-order valence-electron chi connectivity index (χ1n) is 9.21. The van der Waals surface area contributed by atoms with E-state index in [2.05, 4.69) is 15.6 Å². The topological polar surface area (TPSA) is 92.3 Å². The number of hydrogen-bond acceptors (Lipinski definition) is 5. The first-order chi connectivity index (χ1) is 13.1. The summed E-state index contributed by atoms with van der Waals surface area (Å²) in [5.41, 5.74) is 1.73. The molecule has 1 saturated heterocycles. The van der Waals surface area contributed by atoms with Crippen LogP contribution in [-0.2, 0) is 31.8 Å². The highest BCUT2D eigenvalue weighted by Crippen LogP contribution is 2.16. The van der Waals surface area contributed by atoms with Crippen LogP contribution in [0.4, 0.5) is 0 Å². The fourth-order valence-electron chi connectivity index (χ4n) is 2.77. The van der Waals surface area contributed by atoms with Crippen LogP contribution in [0, 0.1) is 0 Å². The molecule has 152 valence electrons. The molecule has 1 aliphatic rings. The molecule has 1 aromatic carbocycles. The van der Waals surface area contributed by atoms with Gasteiger partial charge >= 0.3 is 0 Å². The fraction of sp³-hybridized carbons (Fsp3) is 0.611. The van der Waals surface area contributed by atoms with Gasteiger partial charge in [0.2, 0.25) is 10.0 Å². The Labute approximate surface area is 162 Å². The second kappa shape index (κ2) is 11.2. The molecular weight excluding hydrogens is 368 g/mol. The second-order valence-corrected chi connectivity index (χ2v) is 8.05. The van der Waals surface area contributed by atoms with Gasteiger partial charge in [-0.2, -0.15) is 4.31 Å². The zero-order valence-corrected chi connectivity index (χ0v) is 16.9. The van der Waals surface area contributed by atoms with E-state index in [1.165, 1.54) is 4.31 Å². The number of ether oxygens (including phenoxy) is 2. The molecular formula is C18H30N4O4S. The summed E-state index contributed by atoms with van der Waals surface area (Å²) in [6.45, 7) is 6.11. The number of guanidine groups is 1. The normalized spacial score (nSPS) is 16.3. The summed E-state index contributed by atoms with van der Waals surface area (Å²) in [5, 5.41) is 6.39. The molecule has 0 aliphatic carbocycles. The van der Waals surface area contributed by atoms with Gasteiger partial charge in [-0.3, -0.25) is 4.99 Å². The summed E-state index contributed by atoms with van der Waals surface area (Å²) in [7, 11) is -1.66. The molecule has 2 rings (SSSR count). The predicted octanol–water partition coefficient (Wildman–Crippen LogP) is 0.550. The van der Waals surface area contributed by atoms with Crippen LogP contribution in [0.5, 0.6) is 0 Å². The maximum atomic E-state index is 12.7. The van der Waals surface area contributed by atoms with Gasteiger partial charge in [-0.1, -0.05) is 24.3 Å². The molecule has 1 aliphatic heterocycles. The monoisotopic (exact) mass is 398 g/mol. The molecule has 1 fully saturated rings. The van der Waals surface area contributed by atoms with Crippen LogP contribution in [0.2, 0.25) is 0 Å². The number of aliphatic imine (C=N–C) groups is 1. The van der Waals surface area contributed by atoms with Crippen LogP contribution in [0.25, 0.3) is 0 Å². The zero-order valence-electron chi connectivity index (χ0n) is 16.1. The molecule has 0 radical (unpaired) electrons. The molecule has 0 aromatic heterocycles. The van der Waals surface area contributed by atoms with Gasteiger partial charge in [0.1, 0.15) is 0 Å². The van der Waals surface area contributed by atoms with E-state index in [1.54, 1.807) is 7.05 Å². The molecule has 9 heteroatoms. The molecule has 1 heterocycles. The maximum absolute atomic E-state index is 12.7. The van der Waals surface area contributed by atoms with Crippen molar-refractivity contribution >= 4 is 16.0 Å². The average Bonchev–Trinajstić information content (AvgIpc) is 2.69. The van der Waals surface area contributed by atoms with Gasteiger partial charge in [-0.25, -0.2) is 8.42 Å². The van der Waals surface area contributed by atoms with Gasteiger partial charge < -0.3 is 20.1 Å². The molecule has 0 saturated carbocycles. The number of nitrogens with zero attached hydrogens (tertiary/aromatic N) is 2. The van der Waals surface area contributed by atoms with Gasteiger partial charge in [-0.05, 0) is 18.1 Å². The van der Waals surface area contributed by atoms with Crippen LogP contribution < -0.4 is 10.6 Å². The lowest BCUT2D eigenvalue weighted by molar-refractivity contribution is 0.0729. The van der Waals surface area contributed by atoms with Gasteiger partial charge in [0.05, 0.1) is 25.6 Å².